The molecule has 0 radical (unpaired) electrons. The molecular formula is C23H23ClN6OS. The number of nitrogens with one attached hydrogen (secondary N) is 1. The number of carbonyl (C=O) groups excluding carboxylic acids is 1. The number of halogens is 1. The molecule has 0 spiro atoms. The molecular weight excluding hydrogens is 444 g/mol. The smallest absolute Gasteiger partial charge is 0.234 e. The summed E-state index contributed by atoms with van der Waals surface area (Å²) in [5.74, 6) is 0.767. The first-order valence-corrected chi connectivity index (χ1v) is 11.5. The van der Waals surface area contributed by atoms with Crippen LogP contribution in [0.25, 0.3) is 22.6 Å². The van der Waals surface area contributed by atoms with Crippen LogP contribution >= 0.6 is 23.4 Å². The molecule has 4 aromatic rings. The van der Waals surface area contributed by atoms with E-state index in [1.807, 2.05) is 36.9 Å². The molecule has 164 valence electrons. The second kappa shape index (κ2) is 9.58. The fourth-order valence-corrected chi connectivity index (χ4v) is 4.32. The summed E-state index contributed by atoms with van der Waals surface area (Å²) in [5.41, 5.74) is 4.55. The maximum absolute atomic E-state index is 12.4. The van der Waals surface area contributed by atoms with Crippen LogP contribution in [-0.2, 0) is 18.4 Å². The van der Waals surface area contributed by atoms with E-state index in [-0.39, 0.29) is 11.7 Å². The van der Waals surface area contributed by atoms with Gasteiger partial charge in [0, 0.05) is 25.4 Å². The van der Waals surface area contributed by atoms with Crippen molar-refractivity contribution in [3.05, 3.63) is 65.3 Å². The molecule has 0 atom stereocenters. The first kappa shape index (κ1) is 22.1. The number of rotatable bonds is 7. The van der Waals surface area contributed by atoms with Crippen LogP contribution < -0.4 is 5.32 Å². The molecule has 7 nitrogen and oxygen atoms in total. The number of hydrogen-bond acceptors (Lipinski definition) is 5. The highest BCUT2D eigenvalue weighted by atomic mass is 35.5. The van der Waals surface area contributed by atoms with Crippen molar-refractivity contribution in [3.8, 4) is 22.6 Å². The zero-order chi connectivity index (χ0) is 22.7. The molecule has 2 heterocycles. The van der Waals surface area contributed by atoms with Gasteiger partial charge in [0.25, 0.3) is 0 Å². The van der Waals surface area contributed by atoms with Crippen LogP contribution in [0, 0.1) is 6.92 Å². The molecule has 9 heteroatoms. The van der Waals surface area contributed by atoms with Crippen molar-refractivity contribution in [2.24, 2.45) is 7.05 Å². The Morgan fingerprint density at radius 1 is 1.12 bits per heavy atom. The van der Waals surface area contributed by atoms with Gasteiger partial charge in [0.05, 0.1) is 22.0 Å². The van der Waals surface area contributed by atoms with Gasteiger partial charge in [-0.2, -0.15) is 5.10 Å². The number of benzene rings is 2. The van der Waals surface area contributed by atoms with Gasteiger partial charge < -0.3 is 9.88 Å². The predicted molar refractivity (Wildman–Crippen MR) is 129 cm³/mol. The number of aryl methyl sites for hydroxylation is 2. The van der Waals surface area contributed by atoms with Crippen molar-refractivity contribution < 1.29 is 4.79 Å². The molecule has 1 N–H and O–H groups in total. The molecule has 4 rings (SSSR count). The minimum Gasteiger partial charge on any atom is -0.324 e. The first-order chi connectivity index (χ1) is 15.5. The Kier molecular flexibility index (Phi) is 6.62. The van der Waals surface area contributed by atoms with E-state index in [2.05, 4.69) is 51.8 Å². The van der Waals surface area contributed by atoms with Crippen LogP contribution in [-0.4, -0.2) is 36.2 Å². The van der Waals surface area contributed by atoms with Gasteiger partial charge in [-0.15, -0.1) is 10.2 Å². The summed E-state index contributed by atoms with van der Waals surface area (Å²) in [5, 5.41) is 17.5. The number of amides is 1. The largest absolute Gasteiger partial charge is 0.324 e. The third kappa shape index (κ3) is 4.71. The lowest BCUT2D eigenvalue weighted by Gasteiger charge is -2.09. The summed E-state index contributed by atoms with van der Waals surface area (Å²) in [7, 11) is 1.89. The van der Waals surface area contributed by atoms with E-state index in [4.69, 9.17) is 11.6 Å². The van der Waals surface area contributed by atoms with Gasteiger partial charge in [-0.25, -0.2) is 0 Å². The van der Waals surface area contributed by atoms with Crippen LogP contribution in [0.15, 0.2) is 59.9 Å². The third-order valence-corrected chi connectivity index (χ3v) is 6.20. The van der Waals surface area contributed by atoms with Crippen molar-refractivity contribution in [2.45, 2.75) is 25.5 Å². The SMILES string of the molecule is CCn1c(SCC(=O)Nc2ccccc2Cl)nnc1-c1cn(C)nc1-c1ccc(C)cc1. The van der Waals surface area contributed by atoms with Crippen LogP contribution in [0.1, 0.15) is 12.5 Å². The summed E-state index contributed by atoms with van der Waals surface area (Å²) in [6, 6.07) is 15.4. The molecule has 0 unspecified atom stereocenters. The van der Waals surface area contributed by atoms with Crippen LogP contribution in [0.3, 0.4) is 0 Å². The average molecular weight is 467 g/mol. The van der Waals surface area contributed by atoms with E-state index in [0.29, 0.717) is 22.4 Å². The van der Waals surface area contributed by atoms with E-state index >= 15 is 0 Å². The van der Waals surface area contributed by atoms with Gasteiger partial charge in [-0.1, -0.05) is 65.3 Å². The van der Waals surface area contributed by atoms with Crippen LogP contribution in [0.4, 0.5) is 5.69 Å². The van der Waals surface area contributed by atoms with Crippen molar-refractivity contribution in [3.63, 3.8) is 0 Å². The molecule has 1 amide bonds. The Bertz CT molecular complexity index is 1250. The van der Waals surface area contributed by atoms with E-state index < -0.39 is 0 Å². The number of aromatic nitrogens is 5. The van der Waals surface area contributed by atoms with Crippen molar-refractivity contribution in [1.82, 2.24) is 24.5 Å². The molecule has 32 heavy (non-hydrogen) atoms. The van der Waals surface area contributed by atoms with Crippen molar-refractivity contribution in [2.75, 3.05) is 11.1 Å². The Morgan fingerprint density at radius 2 is 1.88 bits per heavy atom. The lowest BCUT2D eigenvalue weighted by atomic mass is 10.1. The maximum Gasteiger partial charge on any atom is 0.234 e. The fraction of sp³-hybridized carbons (Fsp3) is 0.217. The number of nitrogens with zero attached hydrogens (tertiary/aromatic N) is 5. The number of para-hydroxylation sites is 1. The van der Waals surface area contributed by atoms with E-state index in [1.165, 1.54) is 17.3 Å². The van der Waals surface area contributed by atoms with Gasteiger partial charge in [-0.05, 0) is 26.0 Å². The standard InChI is InChI=1S/C23H23ClN6OS/c1-4-30-22(17-13-29(3)28-21(17)16-11-9-15(2)10-12-16)26-27-23(30)32-14-20(31)25-19-8-6-5-7-18(19)24/h5-13H,4,14H2,1-3H3,(H,25,31). The van der Waals surface area contributed by atoms with Gasteiger partial charge >= 0.3 is 0 Å². The quantitative estimate of drug-likeness (QED) is 0.385. The van der Waals surface area contributed by atoms with Gasteiger partial charge in [0.1, 0.15) is 5.69 Å². The number of hydrogen-bond donors (Lipinski definition) is 1. The van der Waals surface area contributed by atoms with E-state index in [9.17, 15) is 4.79 Å². The van der Waals surface area contributed by atoms with Gasteiger partial charge in [0.2, 0.25) is 5.91 Å². The summed E-state index contributed by atoms with van der Waals surface area (Å²) in [6.45, 7) is 4.75. The number of thioether (sulfide) groups is 1. The Morgan fingerprint density at radius 3 is 2.59 bits per heavy atom. The zero-order valence-corrected chi connectivity index (χ0v) is 19.6. The lowest BCUT2D eigenvalue weighted by molar-refractivity contribution is -0.113. The van der Waals surface area contributed by atoms with E-state index in [1.54, 1.807) is 16.8 Å². The summed E-state index contributed by atoms with van der Waals surface area (Å²) in [6.07, 6.45) is 1.95. The topological polar surface area (TPSA) is 77.6 Å². The van der Waals surface area contributed by atoms with Crippen LogP contribution in [0.5, 0.6) is 0 Å². The van der Waals surface area contributed by atoms with Crippen LogP contribution in [0.2, 0.25) is 5.02 Å². The maximum atomic E-state index is 12.4. The fourth-order valence-electron chi connectivity index (χ4n) is 3.34. The second-order valence-corrected chi connectivity index (χ2v) is 8.65. The molecule has 2 aromatic heterocycles. The highest BCUT2D eigenvalue weighted by Crippen LogP contribution is 2.32. The molecule has 0 aliphatic carbocycles. The Hall–Kier alpha value is -3.10. The highest BCUT2D eigenvalue weighted by Gasteiger charge is 2.20. The van der Waals surface area contributed by atoms with Gasteiger partial charge in [-0.3, -0.25) is 9.48 Å². The molecule has 0 fully saturated rings. The zero-order valence-electron chi connectivity index (χ0n) is 18.0. The lowest BCUT2D eigenvalue weighted by Crippen LogP contribution is -2.15. The predicted octanol–water partition coefficient (Wildman–Crippen LogP) is 5.06. The molecule has 2 aromatic carbocycles. The molecule has 0 bridgehead atoms. The number of anilines is 1. The first-order valence-electron chi connectivity index (χ1n) is 10.2. The van der Waals surface area contributed by atoms with E-state index in [0.717, 1.165) is 22.6 Å². The Balaban J connectivity index is 1.56. The monoisotopic (exact) mass is 466 g/mol. The summed E-state index contributed by atoms with van der Waals surface area (Å²) < 4.78 is 3.78. The third-order valence-electron chi connectivity index (χ3n) is 4.91. The Labute approximate surface area is 195 Å². The molecule has 0 aliphatic rings. The number of carbonyl (C=O) groups is 1. The average Bonchev–Trinajstić information content (AvgIpc) is 3.37. The minimum absolute atomic E-state index is 0.156. The minimum atomic E-state index is -0.156. The summed E-state index contributed by atoms with van der Waals surface area (Å²) >= 11 is 7.46. The molecule has 0 aliphatic heterocycles. The molecule has 0 saturated carbocycles. The highest BCUT2D eigenvalue weighted by molar-refractivity contribution is 7.99. The van der Waals surface area contributed by atoms with Crippen molar-refractivity contribution >= 4 is 35.0 Å². The normalized spacial score (nSPS) is 11.0. The second-order valence-electron chi connectivity index (χ2n) is 7.30. The summed E-state index contributed by atoms with van der Waals surface area (Å²) in [4.78, 5) is 12.4. The van der Waals surface area contributed by atoms with Crippen molar-refractivity contribution in [1.29, 1.82) is 0 Å². The van der Waals surface area contributed by atoms with Gasteiger partial charge in [0.15, 0.2) is 11.0 Å². The molecule has 0 saturated heterocycles.